The Kier molecular flexibility index (Phi) is 11.9. The van der Waals surface area contributed by atoms with Crippen LogP contribution in [0.2, 0.25) is 0 Å². The molecule has 0 radical (unpaired) electrons. The van der Waals surface area contributed by atoms with Gasteiger partial charge in [0, 0.05) is 13.1 Å². The van der Waals surface area contributed by atoms with Crippen molar-refractivity contribution in [3.8, 4) is 5.75 Å². The van der Waals surface area contributed by atoms with Gasteiger partial charge >= 0.3 is 0 Å². The average Bonchev–Trinajstić information content (AvgIpc) is 2.92. The number of nitrogens with one attached hydrogen (secondary N) is 4. The van der Waals surface area contributed by atoms with Crippen LogP contribution in [0.5, 0.6) is 5.75 Å². The van der Waals surface area contributed by atoms with E-state index in [1.807, 2.05) is 45.0 Å². The van der Waals surface area contributed by atoms with Crippen LogP contribution >= 0.6 is 0 Å². The van der Waals surface area contributed by atoms with Crippen molar-refractivity contribution in [2.45, 2.75) is 77.4 Å². The summed E-state index contributed by atoms with van der Waals surface area (Å²) in [6, 6.07) is 11.6. The van der Waals surface area contributed by atoms with Gasteiger partial charge in [-0.1, -0.05) is 64.4 Å². The molecular weight excluding hydrogens is 511 g/mol. The molecule has 1 unspecified atom stereocenters. The maximum absolute atomic E-state index is 13.9. The van der Waals surface area contributed by atoms with E-state index in [9.17, 15) is 18.8 Å². The fourth-order valence-corrected chi connectivity index (χ4v) is 4.87. The van der Waals surface area contributed by atoms with Crippen molar-refractivity contribution in [1.29, 1.82) is 0 Å². The third-order valence-corrected chi connectivity index (χ3v) is 7.18. The molecule has 0 bridgehead atoms. The highest BCUT2D eigenvalue weighted by Gasteiger charge is 2.31. The molecule has 0 saturated carbocycles. The highest BCUT2D eigenvalue weighted by molar-refractivity contribution is 5.93. The summed E-state index contributed by atoms with van der Waals surface area (Å²) in [5, 5.41) is 12.0. The van der Waals surface area contributed by atoms with E-state index in [4.69, 9.17) is 4.74 Å². The maximum atomic E-state index is 13.9. The van der Waals surface area contributed by atoms with Crippen LogP contribution in [0.4, 0.5) is 4.39 Å². The molecule has 0 aromatic heterocycles. The van der Waals surface area contributed by atoms with E-state index >= 15 is 0 Å². The third-order valence-electron chi connectivity index (χ3n) is 7.18. The van der Waals surface area contributed by atoms with Gasteiger partial charge in [0.05, 0.1) is 6.04 Å². The Hall–Kier alpha value is -3.46. The topological polar surface area (TPSA) is 109 Å². The number of hydrogen-bond donors (Lipinski definition) is 4. The first kappa shape index (κ1) is 31.1. The average molecular weight is 555 g/mol. The number of rotatable bonds is 5. The smallest absolute Gasteiger partial charge is 0.243 e. The summed E-state index contributed by atoms with van der Waals surface area (Å²) in [6.45, 7) is 8.85. The van der Waals surface area contributed by atoms with E-state index in [0.717, 1.165) is 11.3 Å². The lowest BCUT2D eigenvalue weighted by Crippen LogP contribution is -2.58. The summed E-state index contributed by atoms with van der Waals surface area (Å²) in [5.74, 6) is -0.765. The second-order valence-electron chi connectivity index (χ2n) is 10.8. The molecule has 0 aliphatic carbocycles. The molecule has 3 amide bonds. The summed E-state index contributed by atoms with van der Waals surface area (Å²) < 4.78 is 20.0. The minimum atomic E-state index is -0.849. The molecule has 40 heavy (non-hydrogen) atoms. The molecular formula is C31H43FN4O4. The minimum Gasteiger partial charge on any atom is -0.492 e. The summed E-state index contributed by atoms with van der Waals surface area (Å²) >= 11 is 0. The van der Waals surface area contributed by atoms with E-state index in [0.29, 0.717) is 44.5 Å². The lowest BCUT2D eigenvalue weighted by Gasteiger charge is -2.28. The second kappa shape index (κ2) is 15.4. The zero-order valence-electron chi connectivity index (χ0n) is 24.0. The molecule has 3 rings (SSSR count). The van der Waals surface area contributed by atoms with Crippen molar-refractivity contribution in [3.05, 3.63) is 65.5 Å². The maximum Gasteiger partial charge on any atom is 0.243 e. The van der Waals surface area contributed by atoms with Gasteiger partial charge in [0.1, 0.15) is 30.3 Å². The number of ether oxygens (including phenoxy) is 1. The molecule has 2 aromatic rings. The molecule has 4 atom stereocenters. The molecule has 1 aliphatic rings. The van der Waals surface area contributed by atoms with E-state index in [-0.39, 0.29) is 35.9 Å². The molecule has 4 N–H and O–H groups in total. The van der Waals surface area contributed by atoms with Gasteiger partial charge in [-0.15, -0.1) is 0 Å². The quantitative estimate of drug-likeness (QED) is 0.453. The van der Waals surface area contributed by atoms with Gasteiger partial charge in [0.2, 0.25) is 17.7 Å². The summed E-state index contributed by atoms with van der Waals surface area (Å²) in [4.78, 5) is 39.9. The Morgan fingerprint density at radius 1 is 0.950 bits per heavy atom. The predicted octanol–water partition coefficient (Wildman–Crippen LogP) is 3.45. The summed E-state index contributed by atoms with van der Waals surface area (Å²) in [6.07, 6.45) is 2.12. The van der Waals surface area contributed by atoms with E-state index in [1.165, 1.54) is 12.1 Å². The lowest BCUT2D eigenvalue weighted by molar-refractivity contribution is -0.133. The first-order valence-corrected chi connectivity index (χ1v) is 14.3. The van der Waals surface area contributed by atoms with E-state index in [2.05, 4.69) is 28.2 Å². The largest absolute Gasteiger partial charge is 0.492 e. The van der Waals surface area contributed by atoms with Crippen LogP contribution in [-0.2, 0) is 20.8 Å². The highest BCUT2D eigenvalue weighted by atomic mass is 19.1. The Morgan fingerprint density at radius 2 is 1.73 bits per heavy atom. The molecule has 0 saturated heterocycles. The lowest BCUT2D eigenvalue weighted by atomic mass is 9.96. The molecule has 1 aliphatic heterocycles. The number of hydrogen-bond acceptors (Lipinski definition) is 5. The molecule has 0 fully saturated rings. The van der Waals surface area contributed by atoms with Crippen LogP contribution in [0.15, 0.2) is 48.5 Å². The fraction of sp³-hybridized carbons (Fsp3) is 0.516. The van der Waals surface area contributed by atoms with Gasteiger partial charge in [-0.25, -0.2) is 4.39 Å². The van der Waals surface area contributed by atoms with Gasteiger partial charge in [0.15, 0.2) is 0 Å². The summed E-state index contributed by atoms with van der Waals surface area (Å²) in [5.41, 5.74) is 1.69. The van der Waals surface area contributed by atoms with Gasteiger partial charge in [-0.05, 0) is 60.4 Å². The number of para-hydroxylation sites is 1. The Morgan fingerprint density at radius 3 is 2.45 bits per heavy atom. The van der Waals surface area contributed by atoms with Crippen LogP contribution in [0.25, 0.3) is 0 Å². The van der Waals surface area contributed by atoms with Crippen molar-refractivity contribution in [3.63, 3.8) is 0 Å². The number of carbonyl (C=O) groups is 3. The third kappa shape index (κ3) is 9.05. The first-order chi connectivity index (χ1) is 19.2. The van der Waals surface area contributed by atoms with Crippen molar-refractivity contribution < 1.29 is 23.5 Å². The fourth-order valence-electron chi connectivity index (χ4n) is 4.87. The summed E-state index contributed by atoms with van der Waals surface area (Å²) in [7, 11) is 0. The zero-order valence-corrected chi connectivity index (χ0v) is 24.0. The van der Waals surface area contributed by atoms with Gasteiger partial charge in [-0.3, -0.25) is 14.4 Å². The SMILES string of the molecule is CCC[C@@H]1NC(=O)[C@@H](C(C)C)NC(=O)[C@@H](Cc2cccc(F)c2)NCCOc2ccccc2C(C)CCNC1=O. The Balaban J connectivity index is 1.89. The van der Waals surface area contributed by atoms with Gasteiger partial charge in [-0.2, -0.15) is 0 Å². The first-order valence-electron chi connectivity index (χ1n) is 14.3. The monoisotopic (exact) mass is 554 g/mol. The standard InChI is InChI=1S/C31H43FN4O4/c1-5-9-25-29(37)34-15-14-21(4)24-12-6-7-13-27(24)40-17-16-33-26(19-22-10-8-11-23(32)18-22)30(38)36-28(20(2)3)31(39)35-25/h6-8,10-13,18,20-21,25-26,28,33H,5,9,14-17,19H2,1-4H3,(H,34,37)(H,35,39)(H,36,38)/t21?,25-,26+,28+/m0/s1. The van der Waals surface area contributed by atoms with Gasteiger partial charge < -0.3 is 26.0 Å². The predicted molar refractivity (Wildman–Crippen MR) is 153 cm³/mol. The number of amides is 3. The highest BCUT2D eigenvalue weighted by Crippen LogP contribution is 2.28. The van der Waals surface area contributed by atoms with Crippen LogP contribution in [-0.4, -0.2) is 55.5 Å². The molecule has 2 aromatic carbocycles. The second-order valence-corrected chi connectivity index (χ2v) is 10.8. The zero-order chi connectivity index (χ0) is 29.1. The molecule has 218 valence electrons. The molecule has 1 heterocycles. The Labute approximate surface area is 236 Å². The van der Waals surface area contributed by atoms with Crippen molar-refractivity contribution in [1.82, 2.24) is 21.3 Å². The van der Waals surface area contributed by atoms with E-state index < -0.39 is 24.0 Å². The Bertz CT molecular complexity index is 1140. The number of halogens is 1. The van der Waals surface area contributed by atoms with E-state index in [1.54, 1.807) is 12.1 Å². The minimum absolute atomic E-state index is 0.124. The van der Waals surface area contributed by atoms with Crippen LogP contribution < -0.4 is 26.0 Å². The van der Waals surface area contributed by atoms with Crippen LogP contribution in [0.1, 0.15) is 64.0 Å². The number of benzene rings is 2. The molecule has 9 heteroatoms. The normalized spacial score (nSPS) is 23.6. The van der Waals surface area contributed by atoms with Gasteiger partial charge in [0.25, 0.3) is 0 Å². The van der Waals surface area contributed by atoms with Crippen molar-refractivity contribution in [2.24, 2.45) is 5.92 Å². The molecule has 8 nitrogen and oxygen atoms in total. The van der Waals surface area contributed by atoms with Crippen molar-refractivity contribution in [2.75, 3.05) is 19.7 Å². The number of fused-ring (bicyclic) bond motifs is 1. The molecule has 0 spiro atoms. The van der Waals surface area contributed by atoms with Crippen LogP contribution in [0.3, 0.4) is 0 Å². The van der Waals surface area contributed by atoms with Crippen molar-refractivity contribution >= 4 is 17.7 Å². The van der Waals surface area contributed by atoms with Crippen LogP contribution in [0, 0.1) is 11.7 Å². The number of carbonyl (C=O) groups excluding carboxylic acids is 3.